The van der Waals surface area contributed by atoms with Gasteiger partial charge in [-0.25, -0.2) is 4.98 Å². The zero-order chi connectivity index (χ0) is 19.2. The number of benzene rings is 1. The molecule has 0 saturated heterocycles. The third-order valence-corrected chi connectivity index (χ3v) is 3.76. The van der Waals surface area contributed by atoms with Gasteiger partial charge in [-0.05, 0) is 25.1 Å². The molecule has 0 aliphatic rings. The van der Waals surface area contributed by atoms with Gasteiger partial charge in [-0.2, -0.15) is 5.10 Å². The topological polar surface area (TPSA) is 125 Å². The van der Waals surface area contributed by atoms with Gasteiger partial charge < -0.3 is 15.4 Å². The molecule has 9 nitrogen and oxygen atoms in total. The number of hydrogen-bond acceptors (Lipinski definition) is 6. The molecular formula is C18H20N6O3. The van der Waals surface area contributed by atoms with Crippen LogP contribution in [0.25, 0.3) is 11.3 Å². The number of aryl methyl sites for hydroxylation is 1. The molecule has 1 aromatic carbocycles. The van der Waals surface area contributed by atoms with E-state index in [0.717, 1.165) is 11.3 Å². The van der Waals surface area contributed by atoms with Gasteiger partial charge in [-0.1, -0.05) is 12.1 Å². The molecule has 0 spiro atoms. The SMILES string of the molecule is COc1cccc(-c2cc(C(=O)NCCNc3nc(C)cc(=O)[nH]3)[nH]n2)c1. The maximum Gasteiger partial charge on any atom is 0.269 e. The van der Waals surface area contributed by atoms with E-state index in [1.165, 1.54) is 6.07 Å². The van der Waals surface area contributed by atoms with Crippen molar-refractivity contribution in [2.75, 3.05) is 25.5 Å². The van der Waals surface area contributed by atoms with Crippen molar-refractivity contribution >= 4 is 11.9 Å². The molecule has 2 aromatic heterocycles. The fraction of sp³-hybridized carbons (Fsp3) is 0.222. The van der Waals surface area contributed by atoms with Crippen LogP contribution in [0, 0.1) is 6.92 Å². The molecule has 0 atom stereocenters. The second-order valence-electron chi connectivity index (χ2n) is 5.82. The fourth-order valence-corrected chi connectivity index (χ4v) is 2.48. The van der Waals surface area contributed by atoms with Crippen LogP contribution in [0.3, 0.4) is 0 Å². The van der Waals surface area contributed by atoms with Gasteiger partial charge in [0.25, 0.3) is 11.5 Å². The Hall–Kier alpha value is -3.62. The fourth-order valence-electron chi connectivity index (χ4n) is 2.48. The number of nitrogens with zero attached hydrogens (tertiary/aromatic N) is 2. The second kappa shape index (κ2) is 8.17. The van der Waals surface area contributed by atoms with Crippen molar-refractivity contribution in [3.63, 3.8) is 0 Å². The highest BCUT2D eigenvalue weighted by atomic mass is 16.5. The summed E-state index contributed by atoms with van der Waals surface area (Å²) < 4.78 is 5.20. The van der Waals surface area contributed by atoms with Crippen LogP contribution in [0.1, 0.15) is 16.2 Å². The molecule has 9 heteroatoms. The third-order valence-electron chi connectivity index (χ3n) is 3.76. The number of amides is 1. The number of ether oxygens (including phenoxy) is 1. The van der Waals surface area contributed by atoms with Gasteiger partial charge in [0.15, 0.2) is 0 Å². The van der Waals surface area contributed by atoms with Crippen LogP contribution in [0.5, 0.6) is 5.75 Å². The number of anilines is 1. The first-order chi connectivity index (χ1) is 13.0. The first-order valence-electron chi connectivity index (χ1n) is 8.35. The summed E-state index contributed by atoms with van der Waals surface area (Å²) in [6.07, 6.45) is 0. The number of hydrogen-bond donors (Lipinski definition) is 4. The van der Waals surface area contributed by atoms with Gasteiger partial charge in [0.2, 0.25) is 5.95 Å². The Morgan fingerprint density at radius 3 is 2.85 bits per heavy atom. The summed E-state index contributed by atoms with van der Waals surface area (Å²) in [6.45, 7) is 2.50. The van der Waals surface area contributed by atoms with Crippen LogP contribution in [0.15, 0.2) is 41.2 Å². The summed E-state index contributed by atoms with van der Waals surface area (Å²) in [5, 5.41) is 12.6. The number of H-pyrrole nitrogens is 2. The summed E-state index contributed by atoms with van der Waals surface area (Å²) in [5.74, 6) is 0.815. The van der Waals surface area contributed by atoms with E-state index in [1.54, 1.807) is 20.1 Å². The molecule has 140 valence electrons. The second-order valence-corrected chi connectivity index (χ2v) is 5.82. The zero-order valence-corrected chi connectivity index (χ0v) is 15.0. The van der Waals surface area contributed by atoms with Crippen LogP contribution in [-0.4, -0.2) is 46.3 Å². The smallest absolute Gasteiger partial charge is 0.269 e. The Balaban J connectivity index is 1.54. The largest absolute Gasteiger partial charge is 0.497 e. The van der Waals surface area contributed by atoms with Crippen LogP contribution < -0.4 is 20.9 Å². The summed E-state index contributed by atoms with van der Waals surface area (Å²) in [4.78, 5) is 30.3. The zero-order valence-electron chi connectivity index (χ0n) is 15.0. The minimum absolute atomic E-state index is 0.225. The highest BCUT2D eigenvalue weighted by molar-refractivity contribution is 5.93. The number of carbonyl (C=O) groups is 1. The van der Waals surface area contributed by atoms with Crippen LogP contribution in [-0.2, 0) is 0 Å². The normalized spacial score (nSPS) is 10.4. The molecule has 3 aromatic rings. The molecule has 0 aliphatic carbocycles. The number of rotatable bonds is 7. The highest BCUT2D eigenvalue weighted by Crippen LogP contribution is 2.22. The van der Waals surface area contributed by atoms with Crippen molar-refractivity contribution in [1.29, 1.82) is 0 Å². The van der Waals surface area contributed by atoms with E-state index in [0.29, 0.717) is 36.1 Å². The first-order valence-corrected chi connectivity index (χ1v) is 8.35. The van der Waals surface area contributed by atoms with Gasteiger partial charge in [0.1, 0.15) is 11.4 Å². The molecule has 0 fully saturated rings. The molecule has 0 radical (unpaired) electrons. The minimum Gasteiger partial charge on any atom is -0.497 e. The lowest BCUT2D eigenvalue weighted by Crippen LogP contribution is -2.29. The summed E-state index contributed by atoms with van der Waals surface area (Å²) >= 11 is 0. The minimum atomic E-state index is -0.274. The van der Waals surface area contributed by atoms with Crippen LogP contribution in [0.4, 0.5) is 5.95 Å². The number of nitrogens with one attached hydrogen (secondary N) is 4. The van der Waals surface area contributed by atoms with E-state index < -0.39 is 0 Å². The summed E-state index contributed by atoms with van der Waals surface area (Å²) in [5.41, 5.74) is 2.25. The number of aromatic amines is 2. The lowest BCUT2D eigenvalue weighted by Gasteiger charge is -2.06. The van der Waals surface area contributed by atoms with E-state index in [-0.39, 0.29) is 11.5 Å². The Labute approximate surface area is 155 Å². The summed E-state index contributed by atoms with van der Waals surface area (Å²) in [6, 6.07) is 10.5. The first kappa shape index (κ1) is 18.2. The molecular weight excluding hydrogens is 348 g/mol. The number of aromatic nitrogens is 4. The highest BCUT2D eigenvalue weighted by Gasteiger charge is 2.11. The molecule has 3 rings (SSSR count). The average Bonchev–Trinajstić information content (AvgIpc) is 3.15. The predicted octanol–water partition coefficient (Wildman–Crippen LogP) is 1.32. The average molecular weight is 368 g/mol. The van der Waals surface area contributed by atoms with Crippen molar-refractivity contribution in [1.82, 2.24) is 25.5 Å². The van der Waals surface area contributed by atoms with Gasteiger partial charge in [0.05, 0.1) is 12.8 Å². The van der Waals surface area contributed by atoms with Crippen LogP contribution in [0.2, 0.25) is 0 Å². The monoisotopic (exact) mass is 368 g/mol. The van der Waals surface area contributed by atoms with Crippen LogP contribution >= 0.6 is 0 Å². The lowest BCUT2D eigenvalue weighted by molar-refractivity contribution is 0.0950. The quantitative estimate of drug-likeness (QED) is 0.466. The van der Waals surface area contributed by atoms with Crippen molar-refractivity contribution in [3.8, 4) is 17.0 Å². The molecule has 0 saturated carbocycles. The molecule has 0 aliphatic heterocycles. The van der Waals surface area contributed by atoms with Gasteiger partial charge in [-0.15, -0.1) is 0 Å². The van der Waals surface area contributed by atoms with Crippen molar-refractivity contribution in [3.05, 3.63) is 58.1 Å². The third kappa shape index (κ3) is 4.72. The van der Waals surface area contributed by atoms with E-state index >= 15 is 0 Å². The van der Waals surface area contributed by atoms with E-state index in [4.69, 9.17) is 4.74 Å². The molecule has 0 bridgehead atoms. The van der Waals surface area contributed by atoms with E-state index in [1.807, 2.05) is 24.3 Å². The number of carbonyl (C=O) groups excluding carboxylic acids is 1. The lowest BCUT2D eigenvalue weighted by atomic mass is 10.1. The molecule has 4 N–H and O–H groups in total. The standard InChI is InChI=1S/C18H20N6O3/c1-11-8-16(25)22-18(21-11)20-7-6-19-17(26)15-10-14(23-24-15)12-4-3-5-13(9-12)27-2/h3-5,8-10H,6-7H2,1-2H3,(H,19,26)(H,23,24)(H2,20,21,22,25). The molecule has 2 heterocycles. The van der Waals surface area contributed by atoms with Crippen molar-refractivity contribution in [2.45, 2.75) is 6.92 Å². The van der Waals surface area contributed by atoms with Gasteiger partial charge in [-0.3, -0.25) is 19.7 Å². The molecule has 0 unspecified atom stereocenters. The Kier molecular flexibility index (Phi) is 5.50. The Morgan fingerprint density at radius 1 is 1.22 bits per heavy atom. The Morgan fingerprint density at radius 2 is 2.07 bits per heavy atom. The van der Waals surface area contributed by atoms with Gasteiger partial charge >= 0.3 is 0 Å². The van der Waals surface area contributed by atoms with Crippen molar-refractivity contribution < 1.29 is 9.53 Å². The van der Waals surface area contributed by atoms with Crippen molar-refractivity contribution in [2.24, 2.45) is 0 Å². The van der Waals surface area contributed by atoms with E-state index in [9.17, 15) is 9.59 Å². The predicted molar refractivity (Wildman–Crippen MR) is 101 cm³/mol. The maximum atomic E-state index is 12.2. The summed E-state index contributed by atoms with van der Waals surface area (Å²) in [7, 11) is 1.60. The molecule has 27 heavy (non-hydrogen) atoms. The maximum absolute atomic E-state index is 12.2. The van der Waals surface area contributed by atoms with E-state index in [2.05, 4.69) is 30.8 Å². The van der Waals surface area contributed by atoms with Gasteiger partial charge in [0, 0.05) is 30.4 Å². The molecule has 1 amide bonds. The number of methoxy groups -OCH3 is 1. The Bertz CT molecular complexity index is 995.